The molecule has 0 aromatic carbocycles. The second kappa shape index (κ2) is 10.9. The highest BCUT2D eigenvalue weighted by atomic mass is 16.5. The number of nitrogens with two attached hydrogens (primary N) is 1. The second-order valence-corrected chi connectivity index (χ2v) is 6.12. The Bertz CT molecular complexity index is 511. The van der Waals surface area contributed by atoms with Crippen LogP contribution in [-0.2, 0) is 11.3 Å². The largest absolute Gasteiger partial charge is 0.382 e. The van der Waals surface area contributed by atoms with Crippen LogP contribution >= 0.6 is 0 Å². The number of aliphatic imine (C=N–C) groups is 1. The maximum atomic E-state index is 5.87. The van der Waals surface area contributed by atoms with Crippen molar-refractivity contribution < 1.29 is 4.74 Å². The maximum Gasteiger partial charge on any atom is 0.188 e. The molecule has 0 atom stereocenters. The predicted octanol–water partition coefficient (Wildman–Crippen LogP) is 1.05. The van der Waals surface area contributed by atoms with Crippen LogP contribution in [0.4, 0.5) is 5.82 Å². The minimum atomic E-state index is 0.469. The summed E-state index contributed by atoms with van der Waals surface area (Å²) in [5.74, 6) is 1.52. The quantitative estimate of drug-likeness (QED) is 0.395. The molecule has 0 unspecified atom stereocenters. The van der Waals surface area contributed by atoms with Gasteiger partial charge in [-0.25, -0.2) is 9.98 Å². The number of hydrogen-bond acceptors (Lipinski definition) is 5. The lowest BCUT2D eigenvalue weighted by molar-refractivity contribution is 0.145. The Morgan fingerprint density at radius 3 is 2.72 bits per heavy atom. The first-order chi connectivity index (χ1) is 12.2. The van der Waals surface area contributed by atoms with Gasteiger partial charge in [0.05, 0.1) is 6.54 Å². The molecular weight excluding hydrogens is 316 g/mol. The number of piperazine rings is 1. The van der Waals surface area contributed by atoms with Crippen LogP contribution in [0.5, 0.6) is 0 Å². The fourth-order valence-corrected chi connectivity index (χ4v) is 2.76. The number of nitrogens with one attached hydrogen (secondary N) is 1. The molecule has 3 N–H and O–H groups in total. The Balaban J connectivity index is 1.73. The molecule has 1 aliphatic heterocycles. The zero-order valence-electron chi connectivity index (χ0n) is 15.6. The average Bonchev–Trinajstić information content (AvgIpc) is 2.67. The van der Waals surface area contributed by atoms with Gasteiger partial charge in [-0.3, -0.25) is 0 Å². The standard InChI is InChI=1S/C18H32N6O/c1-3-23-9-11-24(12-10-23)17-7-6-16(14-21-17)15-22-18(19)20-8-5-13-25-4-2/h6-7,14H,3-5,8-13,15H2,1-2H3,(H3,19,20,22). The molecule has 0 amide bonds. The third-order valence-electron chi connectivity index (χ3n) is 4.36. The number of nitrogens with zero attached hydrogens (tertiary/aromatic N) is 4. The Hall–Kier alpha value is -1.86. The van der Waals surface area contributed by atoms with Crippen LogP contribution < -0.4 is 16.0 Å². The highest BCUT2D eigenvalue weighted by Gasteiger charge is 2.16. The van der Waals surface area contributed by atoms with Crippen LogP contribution in [0, 0.1) is 0 Å². The number of ether oxygens (including phenoxy) is 1. The van der Waals surface area contributed by atoms with Crippen molar-refractivity contribution in [1.29, 1.82) is 0 Å². The first kappa shape index (κ1) is 19.5. The SMILES string of the molecule is CCOCCCNC(N)=NCc1ccc(N2CCN(CC)CC2)nc1. The third kappa shape index (κ3) is 6.88. The van der Waals surface area contributed by atoms with Crippen molar-refractivity contribution >= 4 is 11.8 Å². The third-order valence-corrected chi connectivity index (χ3v) is 4.36. The van der Waals surface area contributed by atoms with Gasteiger partial charge in [0.1, 0.15) is 5.82 Å². The lowest BCUT2D eigenvalue weighted by atomic mass is 10.2. The number of guanidine groups is 1. The Morgan fingerprint density at radius 1 is 1.28 bits per heavy atom. The van der Waals surface area contributed by atoms with E-state index in [4.69, 9.17) is 10.5 Å². The van der Waals surface area contributed by atoms with Crippen molar-refractivity contribution in [3.8, 4) is 0 Å². The van der Waals surface area contributed by atoms with Gasteiger partial charge >= 0.3 is 0 Å². The summed E-state index contributed by atoms with van der Waals surface area (Å²) in [7, 11) is 0. The Morgan fingerprint density at radius 2 is 2.08 bits per heavy atom. The van der Waals surface area contributed by atoms with E-state index < -0.39 is 0 Å². The number of pyridine rings is 1. The zero-order valence-corrected chi connectivity index (χ0v) is 15.6. The summed E-state index contributed by atoms with van der Waals surface area (Å²) in [6.45, 7) is 12.4. The predicted molar refractivity (Wildman–Crippen MR) is 103 cm³/mol. The number of rotatable bonds is 9. The van der Waals surface area contributed by atoms with Crippen molar-refractivity contribution in [3.05, 3.63) is 23.9 Å². The van der Waals surface area contributed by atoms with Gasteiger partial charge in [0.2, 0.25) is 0 Å². The van der Waals surface area contributed by atoms with E-state index >= 15 is 0 Å². The molecule has 0 saturated carbocycles. The van der Waals surface area contributed by atoms with E-state index in [1.165, 1.54) is 0 Å². The summed E-state index contributed by atoms with van der Waals surface area (Å²) >= 11 is 0. The van der Waals surface area contributed by atoms with Crippen LogP contribution in [-0.4, -0.2) is 68.3 Å². The molecule has 2 heterocycles. The first-order valence-electron chi connectivity index (χ1n) is 9.26. The van der Waals surface area contributed by atoms with Crippen LogP contribution in [0.25, 0.3) is 0 Å². The smallest absolute Gasteiger partial charge is 0.188 e. The summed E-state index contributed by atoms with van der Waals surface area (Å²) in [5, 5.41) is 3.10. The lowest BCUT2D eigenvalue weighted by Crippen LogP contribution is -2.46. The fourth-order valence-electron chi connectivity index (χ4n) is 2.76. The fraction of sp³-hybridized carbons (Fsp3) is 0.667. The van der Waals surface area contributed by atoms with Gasteiger partial charge in [-0.2, -0.15) is 0 Å². The summed E-state index contributed by atoms with van der Waals surface area (Å²) in [6, 6.07) is 4.17. The molecule has 0 radical (unpaired) electrons. The van der Waals surface area contributed by atoms with Gasteiger partial charge in [0.25, 0.3) is 0 Å². The molecule has 140 valence electrons. The van der Waals surface area contributed by atoms with Crippen LogP contribution in [0.3, 0.4) is 0 Å². The van der Waals surface area contributed by atoms with Crippen molar-refractivity contribution in [3.63, 3.8) is 0 Å². The van der Waals surface area contributed by atoms with E-state index in [9.17, 15) is 0 Å². The molecule has 0 aliphatic carbocycles. The molecular formula is C18H32N6O. The molecule has 7 heteroatoms. The second-order valence-electron chi connectivity index (χ2n) is 6.12. The molecule has 7 nitrogen and oxygen atoms in total. The van der Waals surface area contributed by atoms with Crippen molar-refractivity contribution in [2.45, 2.75) is 26.8 Å². The van der Waals surface area contributed by atoms with Crippen molar-refractivity contribution in [1.82, 2.24) is 15.2 Å². The highest BCUT2D eigenvalue weighted by Crippen LogP contribution is 2.14. The van der Waals surface area contributed by atoms with Crippen LogP contribution in [0.1, 0.15) is 25.8 Å². The van der Waals surface area contributed by atoms with E-state index in [0.717, 1.165) is 70.3 Å². The van der Waals surface area contributed by atoms with Crippen molar-refractivity contribution in [2.24, 2.45) is 10.7 Å². The molecule has 1 aromatic heterocycles. The normalized spacial score (nSPS) is 16.2. The number of likely N-dealkylation sites (N-methyl/N-ethyl adjacent to an activating group) is 1. The monoisotopic (exact) mass is 348 g/mol. The number of anilines is 1. The van der Waals surface area contributed by atoms with Crippen LogP contribution in [0.15, 0.2) is 23.3 Å². The lowest BCUT2D eigenvalue weighted by Gasteiger charge is -2.34. The molecule has 0 bridgehead atoms. The van der Waals surface area contributed by atoms with Crippen LogP contribution in [0.2, 0.25) is 0 Å². The van der Waals surface area contributed by atoms with E-state index in [2.05, 4.69) is 44.1 Å². The zero-order chi connectivity index (χ0) is 17.9. The summed E-state index contributed by atoms with van der Waals surface area (Å²) in [4.78, 5) is 13.7. The highest BCUT2D eigenvalue weighted by molar-refractivity contribution is 5.77. The molecule has 2 rings (SSSR count). The van der Waals surface area contributed by atoms with E-state index in [1.807, 2.05) is 13.1 Å². The number of aromatic nitrogens is 1. The topological polar surface area (TPSA) is 79.0 Å². The minimum absolute atomic E-state index is 0.469. The molecule has 1 fully saturated rings. The maximum absolute atomic E-state index is 5.87. The Kier molecular flexibility index (Phi) is 8.48. The molecule has 1 aromatic rings. The minimum Gasteiger partial charge on any atom is -0.382 e. The molecule has 1 aliphatic rings. The Labute approximate surface area is 151 Å². The summed E-state index contributed by atoms with van der Waals surface area (Å²) in [6.07, 6.45) is 2.82. The molecule has 0 spiro atoms. The molecule has 25 heavy (non-hydrogen) atoms. The first-order valence-corrected chi connectivity index (χ1v) is 9.26. The molecule has 1 saturated heterocycles. The van der Waals surface area contributed by atoms with Gasteiger partial charge in [-0.15, -0.1) is 0 Å². The van der Waals surface area contributed by atoms with Gasteiger partial charge in [-0.1, -0.05) is 13.0 Å². The summed E-state index contributed by atoms with van der Waals surface area (Å²) in [5.41, 5.74) is 6.94. The summed E-state index contributed by atoms with van der Waals surface area (Å²) < 4.78 is 5.28. The van der Waals surface area contributed by atoms with E-state index in [0.29, 0.717) is 12.5 Å². The van der Waals surface area contributed by atoms with E-state index in [1.54, 1.807) is 0 Å². The van der Waals surface area contributed by atoms with E-state index in [-0.39, 0.29) is 0 Å². The average molecular weight is 348 g/mol. The van der Waals surface area contributed by atoms with Gasteiger partial charge < -0.3 is 25.6 Å². The van der Waals surface area contributed by atoms with Gasteiger partial charge in [0, 0.05) is 52.1 Å². The van der Waals surface area contributed by atoms with Gasteiger partial charge in [-0.05, 0) is 31.5 Å². The number of hydrogen-bond donors (Lipinski definition) is 2. The van der Waals surface area contributed by atoms with Gasteiger partial charge in [0.15, 0.2) is 5.96 Å². The van der Waals surface area contributed by atoms with Crippen molar-refractivity contribution in [2.75, 3.05) is 57.4 Å².